The van der Waals surface area contributed by atoms with E-state index in [0.717, 1.165) is 13.0 Å². The van der Waals surface area contributed by atoms with E-state index in [1.54, 1.807) is 7.11 Å². The van der Waals surface area contributed by atoms with Crippen molar-refractivity contribution in [2.24, 2.45) is 5.41 Å². The molecule has 0 saturated heterocycles. The molecule has 0 fully saturated rings. The van der Waals surface area contributed by atoms with Crippen molar-refractivity contribution in [2.45, 2.75) is 26.7 Å². The predicted octanol–water partition coefficient (Wildman–Crippen LogP) is 1.96. The lowest BCUT2D eigenvalue weighted by Gasteiger charge is -2.21. The summed E-state index contributed by atoms with van der Waals surface area (Å²) in [7, 11) is 1.69. The third-order valence-corrected chi connectivity index (χ3v) is 1.45. The van der Waals surface area contributed by atoms with Crippen LogP contribution in [0.15, 0.2) is 0 Å². The second kappa shape index (κ2) is 4.29. The highest BCUT2D eigenvalue weighted by molar-refractivity contribution is 4.76. The normalized spacial score (nSPS) is 11.0. The van der Waals surface area contributed by atoms with Crippen molar-refractivity contribution in [3.05, 3.63) is 0 Å². The minimum absolute atomic E-state index is 0.157. The average Bonchev–Trinajstić information content (AvgIpc) is 1.84. The Balaban J connectivity index is 3.54. The van der Waals surface area contributed by atoms with Gasteiger partial charge in [-0.3, -0.25) is 0 Å². The molecule has 0 aliphatic heterocycles. The van der Waals surface area contributed by atoms with E-state index in [1.165, 1.54) is 0 Å². The smallest absolute Gasteiger partial charge is 0.0621 e. The monoisotopic (exact) mass is 141 g/mol. The molecule has 10 heavy (non-hydrogen) atoms. The molecule has 0 amide bonds. The highest BCUT2D eigenvalue weighted by Crippen LogP contribution is 2.21. The molecule has 0 radical (unpaired) electrons. The van der Waals surface area contributed by atoms with Crippen LogP contribution in [-0.2, 0) is 4.74 Å². The lowest BCUT2D eigenvalue weighted by atomic mass is 9.89. The van der Waals surface area contributed by atoms with Crippen LogP contribution >= 0.6 is 0 Å². The highest BCUT2D eigenvalue weighted by atomic mass is 16.5. The van der Waals surface area contributed by atoms with Gasteiger partial charge in [0.15, 0.2) is 0 Å². The first kappa shape index (κ1) is 9.45. The van der Waals surface area contributed by atoms with Gasteiger partial charge in [-0.2, -0.15) is 5.26 Å². The molecule has 2 nitrogen and oxygen atoms in total. The number of nitriles is 1. The van der Waals surface area contributed by atoms with Crippen LogP contribution in [0.25, 0.3) is 0 Å². The molecule has 0 heterocycles. The molecule has 0 spiro atoms. The molecular weight excluding hydrogens is 126 g/mol. The van der Waals surface area contributed by atoms with E-state index in [4.69, 9.17) is 10.00 Å². The molecule has 0 aromatic carbocycles. The Kier molecular flexibility index (Phi) is 4.06. The molecule has 58 valence electrons. The van der Waals surface area contributed by atoms with Crippen LogP contribution in [0.2, 0.25) is 0 Å². The van der Waals surface area contributed by atoms with Crippen LogP contribution in [0, 0.1) is 16.7 Å². The summed E-state index contributed by atoms with van der Waals surface area (Å²) in [6.45, 7) is 4.94. The lowest BCUT2D eigenvalue weighted by Crippen LogP contribution is -2.17. The zero-order chi connectivity index (χ0) is 8.04. The summed E-state index contributed by atoms with van der Waals surface area (Å²) in [6, 6.07) is 2.13. The number of nitrogens with zero attached hydrogens (tertiary/aromatic N) is 1. The van der Waals surface area contributed by atoms with E-state index in [1.807, 2.05) is 0 Å². The molecule has 0 bridgehead atoms. The van der Waals surface area contributed by atoms with E-state index < -0.39 is 0 Å². The standard InChI is InChI=1S/C8H15NO/c1-8(2,7-10-3)5-4-6-9/h4-5,7H2,1-3H3. The van der Waals surface area contributed by atoms with Crippen molar-refractivity contribution in [3.8, 4) is 6.07 Å². The minimum atomic E-state index is 0.157. The SMILES string of the molecule is COCC(C)(C)CCC#N. The molecule has 2 heteroatoms. The van der Waals surface area contributed by atoms with Crippen LogP contribution < -0.4 is 0 Å². The van der Waals surface area contributed by atoms with Gasteiger partial charge in [-0.05, 0) is 11.8 Å². The average molecular weight is 141 g/mol. The van der Waals surface area contributed by atoms with Crippen LogP contribution in [0.3, 0.4) is 0 Å². The van der Waals surface area contributed by atoms with E-state index in [9.17, 15) is 0 Å². The van der Waals surface area contributed by atoms with E-state index in [2.05, 4.69) is 19.9 Å². The second-order valence-corrected chi connectivity index (χ2v) is 3.26. The summed E-state index contributed by atoms with van der Waals surface area (Å²) in [5.74, 6) is 0. The van der Waals surface area contributed by atoms with E-state index in [-0.39, 0.29) is 5.41 Å². The second-order valence-electron chi connectivity index (χ2n) is 3.26. The van der Waals surface area contributed by atoms with Crippen molar-refractivity contribution < 1.29 is 4.74 Å². The molecular formula is C8H15NO. The Morgan fingerprint density at radius 2 is 2.10 bits per heavy atom. The zero-order valence-corrected chi connectivity index (χ0v) is 6.98. The van der Waals surface area contributed by atoms with Crippen molar-refractivity contribution in [3.63, 3.8) is 0 Å². The van der Waals surface area contributed by atoms with Gasteiger partial charge in [0.05, 0.1) is 12.7 Å². The molecule has 0 saturated carbocycles. The maximum absolute atomic E-state index is 8.31. The minimum Gasteiger partial charge on any atom is -0.384 e. The number of hydrogen-bond donors (Lipinski definition) is 0. The lowest BCUT2D eigenvalue weighted by molar-refractivity contribution is 0.0993. The molecule has 0 aromatic rings. The first-order chi connectivity index (χ1) is 4.62. The summed E-state index contributed by atoms with van der Waals surface area (Å²) in [4.78, 5) is 0. The number of hydrogen-bond acceptors (Lipinski definition) is 2. The topological polar surface area (TPSA) is 33.0 Å². The van der Waals surface area contributed by atoms with Gasteiger partial charge >= 0.3 is 0 Å². The molecule has 0 rings (SSSR count). The van der Waals surface area contributed by atoms with Crippen molar-refractivity contribution >= 4 is 0 Å². The molecule has 0 aromatic heterocycles. The van der Waals surface area contributed by atoms with Gasteiger partial charge in [-0.15, -0.1) is 0 Å². The number of rotatable bonds is 4. The fourth-order valence-corrected chi connectivity index (χ4v) is 0.857. The third kappa shape index (κ3) is 4.34. The first-order valence-corrected chi connectivity index (χ1v) is 3.48. The Hall–Kier alpha value is -0.550. The van der Waals surface area contributed by atoms with Crippen molar-refractivity contribution in [1.82, 2.24) is 0 Å². The maximum atomic E-state index is 8.31. The van der Waals surface area contributed by atoms with Gasteiger partial charge < -0.3 is 4.74 Å². The van der Waals surface area contributed by atoms with Gasteiger partial charge in [-0.25, -0.2) is 0 Å². The van der Waals surface area contributed by atoms with Crippen LogP contribution in [0.5, 0.6) is 0 Å². The van der Waals surface area contributed by atoms with Crippen molar-refractivity contribution in [2.75, 3.05) is 13.7 Å². The van der Waals surface area contributed by atoms with Gasteiger partial charge in [0.1, 0.15) is 0 Å². The number of methoxy groups -OCH3 is 1. The van der Waals surface area contributed by atoms with E-state index >= 15 is 0 Å². The van der Waals surface area contributed by atoms with Gasteiger partial charge in [0.25, 0.3) is 0 Å². The van der Waals surface area contributed by atoms with Gasteiger partial charge in [-0.1, -0.05) is 13.8 Å². The molecule has 0 aliphatic carbocycles. The summed E-state index contributed by atoms with van der Waals surface area (Å²) in [6.07, 6.45) is 1.54. The summed E-state index contributed by atoms with van der Waals surface area (Å²) >= 11 is 0. The van der Waals surface area contributed by atoms with Gasteiger partial charge in [0.2, 0.25) is 0 Å². The fraction of sp³-hybridized carbons (Fsp3) is 0.875. The third-order valence-electron chi connectivity index (χ3n) is 1.45. The summed E-state index contributed by atoms with van der Waals surface area (Å²) < 4.78 is 4.99. The van der Waals surface area contributed by atoms with Crippen LogP contribution in [0.1, 0.15) is 26.7 Å². The quantitative estimate of drug-likeness (QED) is 0.599. The molecule has 0 unspecified atom stereocenters. The first-order valence-electron chi connectivity index (χ1n) is 3.48. The molecule has 0 aliphatic rings. The summed E-state index contributed by atoms with van der Waals surface area (Å²) in [5.41, 5.74) is 0.157. The number of ether oxygens (including phenoxy) is 1. The van der Waals surface area contributed by atoms with E-state index in [0.29, 0.717) is 6.42 Å². The molecule has 0 atom stereocenters. The van der Waals surface area contributed by atoms with Crippen LogP contribution in [-0.4, -0.2) is 13.7 Å². The predicted molar refractivity (Wildman–Crippen MR) is 40.5 cm³/mol. The van der Waals surface area contributed by atoms with Crippen molar-refractivity contribution in [1.29, 1.82) is 5.26 Å². The summed E-state index contributed by atoms with van der Waals surface area (Å²) in [5, 5.41) is 8.31. The zero-order valence-electron chi connectivity index (χ0n) is 6.98. The fourth-order valence-electron chi connectivity index (χ4n) is 0.857. The highest BCUT2D eigenvalue weighted by Gasteiger charge is 2.16. The van der Waals surface area contributed by atoms with Gasteiger partial charge in [0, 0.05) is 13.5 Å². The maximum Gasteiger partial charge on any atom is 0.0621 e. The Bertz CT molecular complexity index is 124. The largest absolute Gasteiger partial charge is 0.384 e. The Morgan fingerprint density at radius 3 is 2.50 bits per heavy atom. The van der Waals surface area contributed by atoms with Crippen LogP contribution in [0.4, 0.5) is 0 Å². The Labute approximate surface area is 62.8 Å². The Morgan fingerprint density at radius 1 is 1.50 bits per heavy atom. The molecule has 0 N–H and O–H groups in total.